The van der Waals surface area contributed by atoms with Gasteiger partial charge in [0.1, 0.15) is 5.25 Å². The van der Waals surface area contributed by atoms with Crippen LogP contribution in [-0.4, -0.2) is 29.3 Å². The second-order valence-corrected chi connectivity index (χ2v) is 5.62. The summed E-state index contributed by atoms with van der Waals surface area (Å²) in [5.74, 6) is -0.789. The lowest BCUT2D eigenvalue weighted by molar-refractivity contribution is -0.137. The van der Waals surface area contributed by atoms with Crippen LogP contribution in [0.1, 0.15) is 44.9 Å². The highest BCUT2D eigenvalue weighted by atomic mass is 32.2. The van der Waals surface area contributed by atoms with E-state index in [9.17, 15) is 13.2 Å². The summed E-state index contributed by atoms with van der Waals surface area (Å²) < 4.78 is 30.5. The number of aliphatic carboxylic acids is 1. The number of unbranched alkanes of at least 4 members (excludes halogenated alkanes) is 4. The van der Waals surface area contributed by atoms with Gasteiger partial charge in [-0.3, -0.25) is 9.35 Å². The fourth-order valence-electron chi connectivity index (χ4n) is 1.54. The summed E-state index contributed by atoms with van der Waals surface area (Å²) in [7, 11) is -4.02. The normalized spacial score (nSPS) is 13.2. The van der Waals surface area contributed by atoms with Crippen LogP contribution < -0.4 is 0 Å². The maximum absolute atomic E-state index is 10.8. The Balaban J connectivity index is 3.57. The largest absolute Gasteiger partial charge is 0.481 e. The number of hydrogen-bond acceptors (Lipinski definition) is 3. The van der Waals surface area contributed by atoms with Crippen molar-refractivity contribution in [2.75, 3.05) is 0 Å². The van der Waals surface area contributed by atoms with Crippen molar-refractivity contribution in [1.29, 1.82) is 0 Å². The van der Waals surface area contributed by atoms with Gasteiger partial charge in [0.25, 0.3) is 10.1 Å². The molecule has 0 saturated carbocycles. The molecule has 1 atom stereocenters. The van der Waals surface area contributed by atoms with Gasteiger partial charge in [0.05, 0.1) is 0 Å². The van der Waals surface area contributed by atoms with Gasteiger partial charge < -0.3 is 5.11 Å². The third kappa shape index (κ3) is 8.88. The lowest BCUT2D eigenvalue weighted by atomic mass is 10.1. The molecule has 0 spiro atoms. The summed E-state index contributed by atoms with van der Waals surface area (Å²) in [4.78, 5) is 10.2. The Morgan fingerprint density at radius 3 is 2.18 bits per heavy atom. The van der Waals surface area contributed by atoms with Gasteiger partial charge in [0.2, 0.25) is 0 Å². The molecule has 0 aliphatic heterocycles. The number of hydrogen-bond donors (Lipinski definition) is 2. The minimum atomic E-state index is -4.02. The first kappa shape index (κ1) is 16.1. The first-order valence-electron chi connectivity index (χ1n) is 5.68. The molecule has 100 valence electrons. The third-order valence-electron chi connectivity index (χ3n) is 2.52. The highest BCUT2D eigenvalue weighted by molar-refractivity contribution is 7.86. The molecule has 0 aromatic rings. The predicted octanol–water partition coefficient (Wildman–Crippen LogP) is 2.24. The van der Waals surface area contributed by atoms with E-state index in [1.54, 1.807) is 0 Å². The van der Waals surface area contributed by atoms with Crippen LogP contribution in [0.4, 0.5) is 0 Å². The Morgan fingerprint density at radius 1 is 1.18 bits per heavy atom. The van der Waals surface area contributed by atoms with E-state index in [0.717, 1.165) is 19.3 Å². The van der Waals surface area contributed by atoms with Crippen LogP contribution in [0.25, 0.3) is 0 Å². The van der Waals surface area contributed by atoms with Crippen LogP contribution in [0.3, 0.4) is 0 Å². The van der Waals surface area contributed by atoms with Crippen molar-refractivity contribution in [1.82, 2.24) is 0 Å². The maximum atomic E-state index is 10.8. The van der Waals surface area contributed by atoms with Crippen LogP contribution in [0.2, 0.25) is 0 Å². The van der Waals surface area contributed by atoms with Gasteiger partial charge >= 0.3 is 5.97 Å². The summed E-state index contributed by atoms with van der Waals surface area (Å²) in [6, 6.07) is 0. The topological polar surface area (TPSA) is 91.7 Å². The van der Waals surface area contributed by atoms with Crippen molar-refractivity contribution in [3.8, 4) is 0 Å². The second kappa shape index (κ2) is 8.25. The van der Waals surface area contributed by atoms with Gasteiger partial charge in [-0.1, -0.05) is 31.8 Å². The summed E-state index contributed by atoms with van der Waals surface area (Å²) >= 11 is 0. The Hall–Kier alpha value is -0.880. The smallest absolute Gasteiger partial charge is 0.303 e. The van der Waals surface area contributed by atoms with Gasteiger partial charge in [-0.25, -0.2) is 0 Å². The summed E-state index contributed by atoms with van der Waals surface area (Å²) in [6.07, 6.45) is 5.66. The highest BCUT2D eigenvalue weighted by Gasteiger charge is 2.18. The van der Waals surface area contributed by atoms with E-state index in [-0.39, 0.29) is 6.42 Å². The number of carbonyl (C=O) groups is 1. The molecule has 0 aliphatic carbocycles. The van der Waals surface area contributed by atoms with Gasteiger partial charge in [0, 0.05) is 6.42 Å². The third-order valence-corrected chi connectivity index (χ3v) is 3.72. The van der Waals surface area contributed by atoms with Crippen molar-refractivity contribution in [2.24, 2.45) is 0 Å². The number of carboxylic acid groups (broad SMARTS) is 1. The average Bonchev–Trinajstić information content (AvgIpc) is 2.19. The zero-order valence-electron chi connectivity index (χ0n) is 9.84. The molecule has 0 saturated heterocycles. The van der Waals surface area contributed by atoms with Crippen molar-refractivity contribution in [3.05, 3.63) is 12.7 Å². The lowest BCUT2D eigenvalue weighted by Crippen LogP contribution is -2.17. The van der Waals surface area contributed by atoms with Crippen LogP contribution in [-0.2, 0) is 14.9 Å². The van der Waals surface area contributed by atoms with E-state index >= 15 is 0 Å². The first-order chi connectivity index (χ1) is 7.88. The fraction of sp³-hybridized carbons (Fsp3) is 0.727. The van der Waals surface area contributed by atoms with Gasteiger partial charge in [-0.15, -0.1) is 6.58 Å². The molecule has 0 aliphatic rings. The predicted molar refractivity (Wildman–Crippen MR) is 65.5 cm³/mol. The lowest BCUT2D eigenvalue weighted by Gasteiger charge is -2.08. The molecule has 6 heteroatoms. The fourth-order valence-corrected chi connectivity index (χ4v) is 2.25. The van der Waals surface area contributed by atoms with E-state index in [2.05, 4.69) is 6.58 Å². The molecule has 0 radical (unpaired) electrons. The van der Waals surface area contributed by atoms with Crippen molar-refractivity contribution < 1.29 is 22.9 Å². The monoisotopic (exact) mass is 264 g/mol. The number of rotatable bonds is 10. The standard InChI is InChI=1S/C11H20O5S/c1-2-10(17(14,15)16)8-6-4-3-5-7-9-11(12)13/h2,10H,1,3-9H2,(H,12,13)(H,14,15,16)/t10-/m0/s1. The zero-order chi connectivity index (χ0) is 13.3. The van der Waals surface area contributed by atoms with Crippen LogP contribution in [0, 0.1) is 0 Å². The van der Waals surface area contributed by atoms with E-state index in [4.69, 9.17) is 9.66 Å². The van der Waals surface area contributed by atoms with E-state index in [1.165, 1.54) is 6.08 Å². The van der Waals surface area contributed by atoms with E-state index < -0.39 is 21.3 Å². The summed E-state index contributed by atoms with van der Waals surface area (Å²) in [5, 5.41) is 7.52. The van der Waals surface area contributed by atoms with E-state index in [0.29, 0.717) is 19.3 Å². The molecular weight excluding hydrogens is 244 g/mol. The van der Waals surface area contributed by atoms with Crippen LogP contribution in [0.15, 0.2) is 12.7 Å². The highest BCUT2D eigenvalue weighted by Crippen LogP contribution is 2.13. The molecule has 0 bridgehead atoms. The minimum absolute atomic E-state index is 0.181. The molecule has 0 fully saturated rings. The molecule has 0 heterocycles. The van der Waals surface area contributed by atoms with Gasteiger partial charge in [-0.05, 0) is 12.8 Å². The van der Waals surface area contributed by atoms with Crippen LogP contribution >= 0.6 is 0 Å². The zero-order valence-corrected chi connectivity index (χ0v) is 10.7. The SMILES string of the molecule is C=C[C@@H](CCCCCCCC(=O)O)S(=O)(=O)O. The first-order valence-corrected chi connectivity index (χ1v) is 7.19. The second-order valence-electron chi connectivity index (χ2n) is 3.99. The molecular formula is C11H20O5S. The van der Waals surface area contributed by atoms with Crippen molar-refractivity contribution >= 4 is 16.1 Å². The number of carboxylic acids is 1. The minimum Gasteiger partial charge on any atom is -0.481 e. The van der Waals surface area contributed by atoms with Gasteiger partial charge in [0.15, 0.2) is 0 Å². The molecule has 0 aromatic heterocycles. The Kier molecular flexibility index (Phi) is 7.82. The van der Waals surface area contributed by atoms with Crippen LogP contribution in [0.5, 0.6) is 0 Å². The Labute approximate surface area is 102 Å². The summed E-state index contributed by atoms with van der Waals surface area (Å²) in [5.41, 5.74) is 0. The molecule has 0 rings (SSSR count). The Bertz CT molecular complexity index is 334. The maximum Gasteiger partial charge on any atom is 0.303 e. The van der Waals surface area contributed by atoms with Crippen molar-refractivity contribution in [2.45, 2.75) is 50.2 Å². The summed E-state index contributed by atoms with van der Waals surface area (Å²) in [6.45, 7) is 3.37. The Morgan fingerprint density at radius 2 is 1.71 bits per heavy atom. The average molecular weight is 264 g/mol. The quantitative estimate of drug-likeness (QED) is 0.358. The van der Waals surface area contributed by atoms with E-state index in [1.807, 2.05) is 0 Å². The molecule has 0 amide bonds. The molecule has 0 unspecified atom stereocenters. The molecule has 2 N–H and O–H groups in total. The van der Waals surface area contributed by atoms with Gasteiger partial charge in [-0.2, -0.15) is 8.42 Å². The van der Waals surface area contributed by atoms with Crippen molar-refractivity contribution in [3.63, 3.8) is 0 Å². The molecule has 5 nitrogen and oxygen atoms in total. The molecule has 17 heavy (non-hydrogen) atoms. The molecule has 0 aromatic carbocycles.